The van der Waals surface area contributed by atoms with Crippen molar-refractivity contribution in [2.75, 3.05) is 53.6 Å². The van der Waals surface area contributed by atoms with Crippen LogP contribution in [-0.4, -0.2) is 64.6 Å². The third-order valence-corrected chi connectivity index (χ3v) is 2.69. The Balaban J connectivity index is 3.36. The summed E-state index contributed by atoms with van der Waals surface area (Å²) in [5.41, 5.74) is 0. The number of nitrogens with zero attached hydrogens (tertiary/aromatic N) is 1. The zero-order chi connectivity index (χ0) is 12.2. The van der Waals surface area contributed by atoms with E-state index in [2.05, 4.69) is 24.2 Å². The molecule has 0 aromatic carbocycles. The van der Waals surface area contributed by atoms with Crippen LogP contribution in [0.5, 0.6) is 0 Å². The van der Waals surface area contributed by atoms with E-state index in [1.165, 1.54) is 0 Å². The van der Waals surface area contributed by atoms with Gasteiger partial charge in [-0.05, 0) is 33.9 Å². The predicted octanol–water partition coefficient (Wildman–Crippen LogP) is 0.969. The maximum absolute atomic E-state index is 5.33. The van der Waals surface area contributed by atoms with Gasteiger partial charge in [0.25, 0.3) is 0 Å². The van der Waals surface area contributed by atoms with Crippen molar-refractivity contribution in [3.63, 3.8) is 0 Å². The van der Waals surface area contributed by atoms with Gasteiger partial charge in [-0.3, -0.25) is 0 Å². The molecule has 0 aliphatic heterocycles. The van der Waals surface area contributed by atoms with Crippen LogP contribution in [0.2, 0.25) is 0 Å². The van der Waals surface area contributed by atoms with Gasteiger partial charge in [0, 0.05) is 39.5 Å². The van der Waals surface area contributed by atoms with E-state index in [1.54, 1.807) is 7.11 Å². The van der Waals surface area contributed by atoms with Gasteiger partial charge in [-0.2, -0.15) is 0 Å². The molecule has 16 heavy (non-hydrogen) atoms. The van der Waals surface area contributed by atoms with Crippen LogP contribution in [0, 0.1) is 0 Å². The smallest absolute Gasteiger partial charge is 0.0593 e. The summed E-state index contributed by atoms with van der Waals surface area (Å²) < 4.78 is 10.3. The molecule has 1 unspecified atom stereocenters. The van der Waals surface area contributed by atoms with Gasteiger partial charge in [0.15, 0.2) is 0 Å². The lowest BCUT2D eigenvalue weighted by molar-refractivity contribution is 0.109. The van der Waals surface area contributed by atoms with Gasteiger partial charge in [-0.25, -0.2) is 0 Å². The number of hydrogen-bond acceptors (Lipinski definition) is 4. The Kier molecular flexibility index (Phi) is 11.2. The molecule has 0 spiro atoms. The second kappa shape index (κ2) is 11.3. The fourth-order valence-electron chi connectivity index (χ4n) is 1.38. The Morgan fingerprint density at radius 3 is 2.69 bits per heavy atom. The van der Waals surface area contributed by atoms with E-state index in [-0.39, 0.29) is 0 Å². The second-order valence-corrected chi connectivity index (χ2v) is 4.08. The highest BCUT2D eigenvalue weighted by atomic mass is 16.5. The van der Waals surface area contributed by atoms with E-state index in [9.17, 15) is 0 Å². The zero-order valence-corrected chi connectivity index (χ0v) is 11.3. The molecule has 0 saturated carbocycles. The van der Waals surface area contributed by atoms with E-state index >= 15 is 0 Å². The first-order valence-corrected chi connectivity index (χ1v) is 6.20. The highest BCUT2D eigenvalue weighted by Crippen LogP contribution is 1.93. The van der Waals surface area contributed by atoms with Crippen LogP contribution in [0.25, 0.3) is 0 Å². The molecule has 1 atom stereocenters. The standard InChI is InChI=1S/C12H28N2O2/c1-5-16-10-8-14(3)12(2)11-13-7-6-9-15-4/h12-13H,5-11H2,1-4H3. The Bertz CT molecular complexity index is 145. The van der Waals surface area contributed by atoms with Gasteiger partial charge < -0.3 is 19.7 Å². The summed E-state index contributed by atoms with van der Waals surface area (Å²) in [6, 6.07) is 0.544. The van der Waals surface area contributed by atoms with Crippen molar-refractivity contribution in [1.29, 1.82) is 0 Å². The summed E-state index contributed by atoms with van der Waals surface area (Å²) in [5, 5.41) is 3.43. The van der Waals surface area contributed by atoms with Crippen LogP contribution < -0.4 is 5.32 Å². The van der Waals surface area contributed by atoms with Gasteiger partial charge in [-0.15, -0.1) is 0 Å². The number of rotatable bonds is 11. The largest absolute Gasteiger partial charge is 0.385 e. The topological polar surface area (TPSA) is 33.7 Å². The van der Waals surface area contributed by atoms with Crippen molar-refractivity contribution in [2.24, 2.45) is 0 Å². The predicted molar refractivity (Wildman–Crippen MR) is 67.9 cm³/mol. The van der Waals surface area contributed by atoms with Crippen molar-refractivity contribution in [1.82, 2.24) is 10.2 Å². The van der Waals surface area contributed by atoms with Crippen LogP contribution in [0.3, 0.4) is 0 Å². The molecule has 98 valence electrons. The van der Waals surface area contributed by atoms with Crippen LogP contribution in [0.15, 0.2) is 0 Å². The molecule has 0 aliphatic carbocycles. The molecule has 4 nitrogen and oxygen atoms in total. The number of hydrogen-bond donors (Lipinski definition) is 1. The fraction of sp³-hybridized carbons (Fsp3) is 1.00. The molecular formula is C12H28N2O2. The lowest BCUT2D eigenvalue weighted by atomic mass is 10.3. The molecule has 0 amide bonds. The highest BCUT2D eigenvalue weighted by molar-refractivity contribution is 4.65. The Hall–Kier alpha value is -0.160. The van der Waals surface area contributed by atoms with Gasteiger partial charge in [0.05, 0.1) is 6.61 Å². The van der Waals surface area contributed by atoms with Gasteiger partial charge in [0.1, 0.15) is 0 Å². The van der Waals surface area contributed by atoms with Crippen molar-refractivity contribution in [3.05, 3.63) is 0 Å². The maximum atomic E-state index is 5.33. The lowest BCUT2D eigenvalue weighted by Gasteiger charge is -2.24. The third-order valence-electron chi connectivity index (χ3n) is 2.69. The molecule has 4 heteroatoms. The van der Waals surface area contributed by atoms with E-state index in [0.29, 0.717) is 6.04 Å². The Morgan fingerprint density at radius 2 is 2.06 bits per heavy atom. The summed E-state index contributed by atoms with van der Waals surface area (Å²) in [6.45, 7) is 9.76. The van der Waals surface area contributed by atoms with Gasteiger partial charge in [-0.1, -0.05) is 0 Å². The molecule has 0 aromatic rings. The van der Waals surface area contributed by atoms with Gasteiger partial charge >= 0.3 is 0 Å². The number of ether oxygens (including phenoxy) is 2. The number of nitrogens with one attached hydrogen (secondary N) is 1. The first kappa shape index (κ1) is 15.8. The zero-order valence-electron chi connectivity index (χ0n) is 11.3. The Labute approximate surface area is 100 Å². The normalized spacial score (nSPS) is 13.3. The molecule has 0 heterocycles. The minimum Gasteiger partial charge on any atom is -0.385 e. The molecule has 0 fully saturated rings. The van der Waals surface area contributed by atoms with Crippen LogP contribution in [0.1, 0.15) is 20.3 Å². The summed E-state index contributed by atoms with van der Waals surface area (Å²) in [5.74, 6) is 0. The van der Waals surface area contributed by atoms with Crippen molar-refractivity contribution in [3.8, 4) is 0 Å². The van der Waals surface area contributed by atoms with Crippen LogP contribution >= 0.6 is 0 Å². The maximum Gasteiger partial charge on any atom is 0.0593 e. The minimum absolute atomic E-state index is 0.544. The molecule has 0 rings (SSSR count). The van der Waals surface area contributed by atoms with Crippen LogP contribution in [0.4, 0.5) is 0 Å². The van der Waals surface area contributed by atoms with E-state index in [4.69, 9.17) is 9.47 Å². The molecule has 0 bridgehead atoms. The second-order valence-electron chi connectivity index (χ2n) is 4.08. The summed E-state index contributed by atoms with van der Waals surface area (Å²) in [6.07, 6.45) is 1.08. The third kappa shape index (κ3) is 9.09. The van der Waals surface area contributed by atoms with Gasteiger partial charge in [0.2, 0.25) is 0 Å². The number of methoxy groups -OCH3 is 1. The van der Waals surface area contributed by atoms with E-state index in [1.807, 2.05) is 6.92 Å². The van der Waals surface area contributed by atoms with Crippen molar-refractivity contribution < 1.29 is 9.47 Å². The monoisotopic (exact) mass is 232 g/mol. The minimum atomic E-state index is 0.544. The fourth-order valence-corrected chi connectivity index (χ4v) is 1.38. The van der Waals surface area contributed by atoms with E-state index in [0.717, 1.165) is 45.9 Å². The summed E-state index contributed by atoms with van der Waals surface area (Å²) >= 11 is 0. The summed E-state index contributed by atoms with van der Waals surface area (Å²) in [4.78, 5) is 2.32. The van der Waals surface area contributed by atoms with Crippen molar-refractivity contribution >= 4 is 0 Å². The SMILES string of the molecule is CCOCCN(C)C(C)CNCCCOC. The molecule has 0 radical (unpaired) electrons. The highest BCUT2D eigenvalue weighted by Gasteiger charge is 2.07. The first-order valence-electron chi connectivity index (χ1n) is 6.20. The molecule has 0 aromatic heterocycles. The average Bonchev–Trinajstić information content (AvgIpc) is 2.28. The molecular weight excluding hydrogens is 204 g/mol. The van der Waals surface area contributed by atoms with Crippen molar-refractivity contribution in [2.45, 2.75) is 26.3 Å². The molecule has 1 N–H and O–H groups in total. The lowest BCUT2D eigenvalue weighted by Crippen LogP contribution is -2.39. The Morgan fingerprint density at radius 1 is 1.31 bits per heavy atom. The molecule has 0 aliphatic rings. The molecule has 0 saturated heterocycles. The number of likely N-dealkylation sites (N-methyl/N-ethyl adjacent to an activating group) is 1. The summed E-state index contributed by atoms with van der Waals surface area (Å²) in [7, 11) is 3.88. The van der Waals surface area contributed by atoms with Crippen LogP contribution in [-0.2, 0) is 9.47 Å². The quantitative estimate of drug-likeness (QED) is 0.538. The average molecular weight is 232 g/mol. The van der Waals surface area contributed by atoms with E-state index < -0.39 is 0 Å². The first-order chi connectivity index (χ1) is 7.72.